The van der Waals surface area contributed by atoms with E-state index in [1.165, 1.54) is 6.33 Å². The summed E-state index contributed by atoms with van der Waals surface area (Å²) < 4.78 is 1.56. The molecule has 29 heavy (non-hydrogen) atoms. The molecule has 1 amide bonds. The quantitative estimate of drug-likeness (QED) is 0.645. The first-order chi connectivity index (χ1) is 14.1. The number of amides is 1. The van der Waals surface area contributed by atoms with Crippen LogP contribution in [-0.2, 0) is 0 Å². The Morgan fingerprint density at radius 2 is 2.03 bits per heavy atom. The molecule has 0 N–H and O–H groups in total. The fourth-order valence-electron chi connectivity index (χ4n) is 3.36. The topological polar surface area (TPSA) is 101 Å². The van der Waals surface area contributed by atoms with Crippen LogP contribution in [0.5, 0.6) is 0 Å². The summed E-state index contributed by atoms with van der Waals surface area (Å²) in [6.07, 6.45) is 6.95. The van der Waals surface area contributed by atoms with Gasteiger partial charge in [-0.2, -0.15) is 15.0 Å². The zero-order valence-corrected chi connectivity index (χ0v) is 16.4. The first-order valence-electron chi connectivity index (χ1n) is 9.57. The molecule has 8 heteroatoms. The highest BCUT2D eigenvalue weighted by molar-refractivity contribution is 5.95. The van der Waals surface area contributed by atoms with E-state index in [0.717, 1.165) is 18.4 Å². The second-order valence-corrected chi connectivity index (χ2v) is 7.36. The van der Waals surface area contributed by atoms with Crippen LogP contribution in [0.25, 0.3) is 5.95 Å². The van der Waals surface area contributed by atoms with E-state index >= 15 is 0 Å². The maximum absolute atomic E-state index is 13.4. The second-order valence-electron chi connectivity index (χ2n) is 7.36. The van der Waals surface area contributed by atoms with Gasteiger partial charge in [0.2, 0.25) is 0 Å². The minimum Gasteiger partial charge on any atom is -0.328 e. The van der Waals surface area contributed by atoms with Crippen LogP contribution in [0, 0.1) is 24.2 Å². The van der Waals surface area contributed by atoms with E-state index in [0.29, 0.717) is 35.4 Å². The van der Waals surface area contributed by atoms with Gasteiger partial charge in [0.1, 0.15) is 6.33 Å². The number of nitrogens with zero attached hydrogens (tertiary/aromatic N) is 7. The molecule has 0 radical (unpaired) electrons. The van der Waals surface area contributed by atoms with Crippen molar-refractivity contribution in [3.63, 3.8) is 0 Å². The highest BCUT2D eigenvalue weighted by atomic mass is 16.2. The molecule has 0 spiro atoms. The Morgan fingerprint density at radius 1 is 1.28 bits per heavy atom. The third-order valence-electron chi connectivity index (χ3n) is 5.02. The lowest BCUT2D eigenvalue weighted by Crippen LogP contribution is -2.36. The summed E-state index contributed by atoms with van der Waals surface area (Å²) >= 11 is 0. The predicted molar refractivity (Wildman–Crippen MR) is 105 cm³/mol. The average molecular weight is 387 g/mol. The third-order valence-corrected chi connectivity index (χ3v) is 5.02. The molecule has 0 bridgehead atoms. The van der Waals surface area contributed by atoms with E-state index in [4.69, 9.17) is 0 Å². The number of hydrogen-bond acceptors (Lipinski definition) is 6. The van der Waals surface area contributed by atoms with Gasteiger partial charge in [0.05, 0.1) is 17.7 Å². The van der Waals surface area contributed by atoms with E-state index in [1.807, 2.05) is 24.8 Å². The molecule has 1 aliphatic rings. The normalized spacial score (nSPS) is 14.2. The maximum Gasteiger partial charge on any atom is 0.254 e. The van der Waals surface area contributed by atoms with E-state index in [9.17, 15) is 10.1 Å². The Kier molecular flexibility index (Phi) is 5.04. The van der Waals surface area contributed by atoms with Crippen molar-refractivity contribution in [2.24, 2.45) is 5.92 Å². The number of rotatable bonds is 6. The van der Waals surface area contributed by atoms with Gasteiger partial charge in [-0.05, 0) is 62.4 Å². The fourth-order valence-corrected chi connectivity index (χ4v) is 3.36. The number of nitriles is 1. The van der Waals surface area contributed by atoms with Crippen LogP contribution in [-0.4, -0.2) is 42.1 Å². The van der Waals surface area contributed by atoms with E-state index in [-0.39, 0.29) is 11.9 Å². The van der Waals surface area contributed by atoms with Gasteiger partial charge in [0, 0.05) is 24.5 Å². The van der Waals surface area contributed by atoms with Crippen molar-refractivity contribution in [1.29, 1.82) is 5.26 Å². The van der Waals surface area contributed by atoms with Gasteiger partial charge in [-0.3, -0.25) is 4.79 Å². The van der Waals surface area contributed by atoms with Gasteiger partial charge in [0.15, 0.2) is 5.82 Å². The van der Waals surface area contributed by atoms with Crippen molar-refractivity contribution in [2.45, 2.75) is 32.7 Å². The Balaban J connectivity index is 1.69. The number of carbonyl (C=O) groups excluding carboxylic acids is 1. The van der Waals surface area contributed by atoms with Crippen molar-refractivity contribution in [3.05, 3.63) is 65.5 Å². The van der Waals surface area contributed by atoms with Crippen LogP contribution in [0.4, 0.5) is 0 Å². The van der Waals surface area contributed by atoms with Crippen LogP contribution in [0.1, 0.15) is 53.1 Å². The zero-order valence-electron chi connectivity index (χ0n) is 16.4. The van der Waals surface area contributed by atoms with Gasteiger partial charge >= 0.3 is 0 Å². The molecule has 1 atom stereocenters. The summed E-state index contributed by atoms with van der Waals surface area (Å²) in [6, 6.07) is 8.77. The summed E-state index contributed by atoms with van der Waals surface area (Å²) in [4.78, 5) is 28.1. The van der Waals surface area contributed by atoms with Gasteiger partial charge in [0.25, 0.3) is 11.9 Å². The lowest BCUT2D eigenvalue weighted by atomic mass is 10.0. The monoisotopic (exact) mass is 387 g/mol. The first kappa shape index (κ1) is 18.7. The number of benzene rings is 1. The molecular formula is C21H21N7O. The largest absolute Gasteiger partial charge is 0.328 e. The standard InChI is InChI=1S/C21H21N7O/c1-14-8-17(11-22)10-18(9-14)20(29)27(12-16-4-5-16)15(2)19-25-13-26-28(19)21-23-6-3-7-24-21/h3,6-10,13,15-16H,4-5,12H2,1-2H3. The van der Waals surface area contributed by atoms with E-state index < -0.39 is 0 Å². The van der Waals surface area contributed by atoms with E-state index in [2.05, 4.69) is 26.1 Å². The van der Waals surface area contributed by atoms with Crippen LogP contribution in [0.2, 0.25) is 0 Å². The van der Waals surface area contributed by atoms with Gasteiger partial charge in [-0.25, -0.2) is 15.0 Å². The number of aryl methyl sites for hydroxylation is 1. The van der Waals surface area contributed by atoms with Crippen molar-refractivity contribution >= 4 is 5.91 Å². The summed E-state index contributed by atoms with van der Waals surface area (Å²) in [5, 5.41) is 13.5. The van der Waals surface area contributed by atoms with Gasteiger partial charge in [-0.1, -0.05) is 0 Å². The summed E-state index contributed by atoms with van der Waals surface area (Å²) in [6.45, 7) is 4.46. The Labute approximate surface area is 168 Å². The zero-order chi connectivity index (χ0) is 20.4. The van der Waals surface area contributed by atoms with Crippen molar-refractivity contribution in [3.8, 4) is 12.0 Å². The molecule has 1 aliphatic carbocycles. The summed E-state index contributed by atoms with van der Waals surface area (Å²) in [5.41, 5.74) is 1.87. The van der Waals surface area contributed by atoms with Gasteiger partial charge in [-0.15, -0.1) is 0 Å². The van der Waals surface area contributed by atoms with Crippen molar-refractivity contribution in [1.82, 2.24) is 29.6 Å². The fraction of sp³-hybridized carbons (Fsp3) is 0.333. The Bertz CT molecular complexity index is 1070. The average Bonchev–Trinajstić information content (AvgIpc) is 3.43. The third kappa shape index (κ3) is 3.99. The van der Waals surface area contributed by atoms with Gasteiger partial charge < -0.3 is 4.90 Å². The van der Waals surface area contributed by atoms with Crippen molar-refractivity contribution in [2.75, 3.05) is 6.54 Å². The molecule has 1 fully saturated rings. The Morgan fingerprint density at radius 3 is 2.72 bits per heavy atom. The minimum absolute atomic E-state index is 0.117. The minimum atomic E-state index is -0.333. The molecule has 2 aromatic heterocycles. The molecule has 1 unspecified atom stereocenters. The molecule has 8 nitrogen and oxygen atoms in total. The van der Waals surface area contributed by atoms with Crippen LogP contribution < -0.4 is 0 Å². The molecule has 1 saturated carbocycles. The van der Waals surface area contributed by atoms with Crippen LogP contribution in [0.3, 0.4) is 0 Å². The lowest BCUT2D eigenvalue weighted by molar-refractivity contribution is 0.0670. The summed E-state index contributed by atoms with van der Waals surface area (Å²) in [5.74, 6) is 1.38. The Hall–Kier alpha value is -3.60. The number of aromatic nitrogens is 5. The number of hydrogen-bond donors (Lipinski definition) is 0. The molecule has 0 saturated heterocycles. The SMILES string of the molecule is Cc1cc(C#N)cc(C(=O)N(CC2CC2)C(C)c2ncnn2-c2ncccn2)c1. The highest BCUT2D eigenvalue weighted by Crippen LogP contribution is 2.33. The molecule has 146 valence electrons. The second kappa shape index (κ2) is 7.80. The van der Waals surface area contributed by atoms with Crippen molar-refractivity contribution < 1.29 is 4.79 Å². The highest BCUT2D eigenvalue weighted by Gasteiger charge is 2.33. The molecular weight excluding hydrogens is 366 g/mol. The molecule has 0 aliphatic heterocycles. The molecule has 4 rings (SSSR count). The predicted octanol–water partition coefficient (Wildman–Crippen LogP) is 2.85. The first-order valence-corrected chi connectivity index (χ1v) is 9.57. The molecule has 1 aromatic carbocycles. The lowest BCUT2D eigenvalue weighted by Gasteiger charge is -2.29. The van der Waals surface area contributed by atoms with E-state index in [1.54, 1.807) is 35.3 Å². The number of carbonyl (C=O) groups is 1. The molecule has 2 heterocycles. The smallest absolute Gasteiger partial charge is 0.254 e. The van der Waals surface area contributed by atoms with Crippen LogP contribution in [0.15, 0.2) is 43.0 Å². The van der Waals surface area contributed by atoms with Crippen LogP contribution >= 0.6 is 0 Å². The summed E-state index contributed by atoms with van der Waals surface area (Å²) in [7, 11) is 0. The maximum atomic E-state index is 13.4. The molecule has 3 aromatic rings.